The molecule has 2 aliphatic rings. The third-order valence-electron chi connectivity index (χ3n) is 6.38. The summed E-state index contributed by atoms with van der Waals surface area (Å²) in [5.41, 5.74) is 0. The first kappa shape index (κ1) is 25.3. The van der Waals surface area contributed by atoms with E-state index in [1.54, 1.807) is 0 Å². The molecule has 2 fully saturated rings. The molecule has 8 nitrogen and oxygen atoms in total. The van der Waals surface area contributed by atoms with Crippen LogP contribution >= 0.6 is 0 Å². The summed E-state index contributed by atoms with van der Waals surface area (Å²) in [6, 6.07) is 0. The zero-order chi connectivity index (χ0) is 22.5. The molecule has 0 heterocycles. The molecular weight excluding hydrogens is 404 g/mol. The van der Waals surface area contributed by atoms with Gasteiger partial charge >= 0.3 is 17.9 Å². The zero-order valence-electron chi connectivity index (χ0n) is 18.3. The summed E-state index contributed by atoms with van der Waals surface area (Å²) in [5, 5.41) is 9.13. The van der Waals surface area contributed by atoms with E-state index in [1.165, 1.54) is 0 Å². The molecular formula is C23H36O8. The zero-order valence-corrected chi connectivity index (χ0v) is 18.3. The van der Waals surface area contributed by atoms with E-state index < -0.39 is 11.9 Å². The van der Waals surface area contributed by atoms with Crippen LogP contribution < -0.4 is 0 Å². The molecule has 8 heteroatoms. The van der Waals surface area contributed by atoms with Gasteiger partial charge in [0, 0.05) is 6.08 Å². The fourth-order valence-electron chi connectivity index (χ4n) is 4.56. The average molecular weight is 441 g/mol. The molecule has 31 heavy (non-hydrogen) atoms. The monoisotopic (exact) mass is 440 g/mol. The van der Waals surface area contributed by atoms with Gasteiger partial charge in [-0.1, -0.05) is 6.58 Å². The van der Waals surface area contributed by atoms with Gasteiger partial charge in [0.2, 0.25) is 0 Å². The van der Waals surface area contributed by atoms with Gasteiger partial charge in [-0.25, -0.2) is 4.79 Å². The summed E-state index contributed by atoms with van der Waals surface area (Å²) >= 11 is 0. The van der Waals surface area contributed by atoms with E-state index >= 15 is 0 Å². The van der Waals surface area contributed by atoms with Gasteiger partial charge < -0.3 is 24.1 Å². The molecule has 0 aromatic rings. The molecule has 176 valence electrons. The Morgan fingerprint density at radius 2 is 1.16 bits per heavy atom. The van der Waals surface area contributed by atoms with Crippen LogP contribution in [0.5, 0.6) is 0 Å². The Balaban J connectivity index is 1.46. The normalized spacial score (nSPS) is 26.1. The van der Waals surface area contributed by atoms with Crippen molar-refractivity contribution in [3.8, 4) is 0 Å². The largest absolute Gasteiger partial charge is 0.481 e. The maximum Gasteiger partial charge on any atom is 0.330 e. The lowest BCUT2D eigenvalue weighted by atomic mass is 9.69. The maximum atomic E-state index is 12.3. The molecule has 0 saturated heterocycles. The summed E-state index contributed by atoms with van der Waals surface area (Å²) in [7, 11) is 0. The second kappa shape index (κ2) is 14.2. The van der Waals surface area contributed by atoms with Crippen LogP contribution in [0.4, 0.5) is 0 Å². The minimum absolute atomic E-state index is 0.0341. The number of carboxylic acids is 1. The topological polar surface area (TPSA) is 108 Å². The van der Waals surface area contributed by atoms with E-state index in [9.17, 15) is 14.4 Å². The van der Waals surface area contributed by atoms with Gasteiger partial charge in [-0.3, -0.25) is 9.59 Å². The van der Waals surface area contributed by atoms with Crippen LogP contribution in [-0.4, -0.2) is 62.7 Å². The van der Waals surface area contributed by atoms with Gasteiger partial charge in [0.05, 0.1) is 38.3 Å². The third-order valence-corrected chi connectivity index (χ3v) is 6.38. The first-order chi connectivity index (χ1) is 15.0. The summed E-state index contributed by atoms with van der Waals surface area (Å²) in [4.78, 5) is 34.2. The van der Waals surface area contributed by atoms with Crippen molar-refractivity contribution in [2.45, 2.75) is 51.4 Å². The molecule has 2 rings (SSSR count). The van der Waals surface area contributed by atoms with Crippen LogP contribution in [0.3, 0.4) is 0 Å². The molecule has 0 aromatic heterocycles. The number of hydrogen-bond acceptors (Lipinski definition) is 7. The SMILES string of the molecule is C=CC(=O)OCCOCCOCCOC(=O)C1CCC(C2CCC(C(=O)O)CC2)CC1. The average Bonchev–Trinajstić information content (AvgIpc) is 2.80. The number of hydrogen-bond donors (Lipinski definition) is 1. The van der Waals surface area contributed by atoms with Gasteiger partial charge in [0.15, 0.2) is 0 Å². The van der Waals surface area contributed by atoms with E-state index in [2.05, 4.69) is 6.58 Å². The quantitative estimate of drug-likeness (QED) is 0.265. The Labute approximate surface area is 184 Å². The Hall–Kier alpha value is -1.93. The molecule has 0 radical (unpaired) electrons. The highest BCUT2D eigenvalue weighted by Crippen LogP contribution is 2.41. The Kier molecular flexibility index (Phi) is 11.6. The third kappa shape index (κ3) is 9.39. The Bertz CT molecular complexity index is 574. The van der Waals surface area contributed by atoms with Gasteiger partial charge in [-0.15, -0.1) is 0 Å². The van der Waals surface area contributed by atoms with Crippen LogP contribution in [0, 0.1) is 23.7 Å². The Morgan fingerprint density at radius 1 is 0.710 bits per heavy atom. The maximum absolute atomic E-state index is 12.3. The fraction of sp³-hybridized carbons (Fsp3) is 0.783. The summed E-state index contributed by atoms with van der Waals surface area (Å²) < 4.78 is 20.8. The number of carbonyl (C=O) groups is 3. The number of carboxylic acid groups (broad SMARTS) is 1. The van der Waals surface area contributed by atoms with E-state index in [0.717, 1.165) is 57.4 Å². The van der Waals surface area contributed by atoms with Crippen LogP contribution in [0.25, 0.3) is 0 Å². The molecule has 0 aromatic carbocycles. The number of rotatable bonds is 13. The van der Waals surface area contributed by atoms with Crippen molar-refractivity contribution in [2.24, 2.45) is 23.7 Å². The molecule has 0 unspecified atom stereocenters. The lowest BCUT2D eigenvalue weighted by Crippen LogP contribution is -2.30. The van der Waals surface area contributed by atoms with Gasteiger partial charge in [-0.2, -0.15) is 0 Å². The number of carbonyl (C=O) groups excluding carboxylic acids is 2. The molecule has 0 amide bonds. The molecule has 1 N–H and O–H groups in total. The number of ether oxygens (including phenoxy) is 4. The molecule has 2 saturated carbocycles. The highest BCUT2D eigenvalue weighted by atomic mass is 16.6. The van der Waals surface area contributed by atoms with Crippen LogP contribution in [0.1, 0.15) is 51.4 Å². The Morgan fingerprint density at radius 3 is 1.65 bits per heavy atom. The predicted molar refractivity (Wildman–Crippen MR) is 112 cm³/mol. The van der Waals surface area contributed by atoms with Gasteiger partial charge in [0.25, 0.3) is 0 Å². The van der Waals surface area contributed by atoms with E-state index in [0.29, 0.717) is 38.3 Å². The second-order valence-electron chi connectivity index (χ2n) is 8.33. The molecule has 0 bridgehead atoms. The lowest BCUT2D eigenvalue weighted by Gasteiger charge is -2.36. The minimum atomic E-state index is -0.659. The predicted octanol–water partition coefficient (Wildman–Crippen LogP) is 2.99. The highest BCUT2D eigenvalue weighted by Gasteiger charge is 2.34. The molecule has 2 aliphatic carbocycles. The van der Waals surface area contributed by atoms with Crippen LogP contribution in [0.2, 0.25) is 0 Å². The van der Waals surface area contributed by atoms with E-state index in [4.69, 9.17) is 24.1 Å². The highest BCUT2D eigenvalue weighted by molar-refractivity contribution is 5.81. The van der Waals surface area contributed by atoms with Crippen molar-refractivity contribution in [1.29, 1.82) is 0 Å². The van der Waals surface area contributed by atoms with Gasteiger partial charge in [-0.05, 0) is 63.2 Å². The van der Waals surface area contributed by atoms with Crippen molar-refractivity contribution >= 4 is 17.9 Å². The number of esters is 2. The summed E-state index contributed by atoms with van der Waals surface area (Å²) in [6.45, 7) is 5.07. The lowest BCUT2D eigenvalue weighted by molar-refractivity contribution is -0.152. The van der Waals surface area contributed by atoms with Crippen molar-refractivity contribution in [1.82, 2.24) is 0 Å². The van der Waals surface area contributed by atoms with E-state index in [1.807, 2.05) is 0 Å². The summed E-state index contributed by atoms with van der Waals surface area (Å²) in [5.74, 6) is -0.255. The van der Waals surface area contributed by atoms with E-state index in [-0.39, 0.29) is 31.0 Å². The number of aliphatic carboxylic acids is 1. The van der Waals surface area contributed by atoms with Gasteiger partial charge in [0.1, 0.15) is 13.2 Å². The molecule has 0 atom stereocenters. The minimum Gasteiger partial charge on any atom is -0.481 e. The van der Waals surface area contributed by atoms with Crippen molar-refractivity contribution in [3.63, 3.8) is 0 Å². The molecule has 0 aliphatic heterocycles. The smallest absolute Gasteiger partial charge is 0.330 e. The first-order valence-corrected chi connectivity index (χ1v) is 11.3. The van der Waals surface area contributed by atoms with Crippen molar-refractivity contribution in [3.05, 3.63) is 12.7 Å². The van der Waals surface area contributed by atoms with Crippen molar-refractivity contribution < 1.29 is 38.4 Å². The first-order valence-electron chi connectivity index (χ1n) is 11.3. The van der Waals surface area contributed by atoms with Crippen LogP contribution in [0.15, 0.2) is 12.7 Å². The van der Waals surface area contributed by atoms with Crippen LogP contribution in [-0.2, 0) is 33.3 Å². The molecule has 0 spiro atoms. The second-order valence-corrected chi connectivity index (χ2v) is 8.33. The summed E-state index contributed by atoms with van der Waals surface area (Å²) in [6.07, 6.45) is 8.43. The standard InChI is InChI=1S/C23H36O8/c1-2-21(24)30-15-13-28-11-12-29-14-16-31-23(27)20-9-5-18(6-10-20)17-3-7-19(8-4-17)22(25)26/h2,17-20H,1,3-16H2,(H,25,26). The fourth-order valence-corrected chi connectivity index (χ4v) is 4.56. The van der Waals surface area contributed by atoms with Crippen molar-refractivity contribution in [2.75, 3.05) is 39.6 Å².